The van der Waals surface area contributed by atoms with Gasteiger partial charge in [-0.15, -0.1) is 0 Å². The Hall–Kier alpha value is -0.570. The lowest BCUT2D eigenvalue weighted by Gasteiger charge is -2.24. The summed E-state index contributed by atoms with van der Waals surface area (Å²) in [6.45, 7) is 3.71. The van der Waals surface area contributed by atoms with Crippen molar-refractivity contribution in [2.45, 2.75) is 32.6 Å². The fraction of sp³-hybridized carbons (Fsp3) is 0.917. The molecule has 1 unspecified atom stereocenters. The number of nitrogens with one attached hydrogen (secondary N) is 1. The smallest absolute Gasteiger partial charge is 0.226 e. The van der Waals surface area contributed by atoms with Gasteiger partial charge in [0.2, 0.25) is 5.91 Å². The average molecular weight is 212 g/mol. The molecule has 1 amide bonds. The van der Waals surface area contributed by atoms with Crippen molar-refractivity contribution in [2.75, 3.05) is 27.2 Å². The highest BCUT2D eigenvalue weighted by atomic mass is 16.2. The van der Waals surface area contributed by atoms with Gasteiger partial charge in [0.15, 0.2) is 0 Å². The third-order valence-electron chi connectivity index (χ3n) is 3.31. The van der Waals surface area contributed by atoms with E-state index in [2.05, 4.69) is 5.32 Å². The van der Waals surface area contributed by atoms with Gasteiger partial charge in [0.25, 0.3) is 0 Å². The summed E-state index contributed by atoms with van der Waals surface area (Å²) in [5.41, 5.74) is 0. The first-order valence-corrected chi connectivity index (χ1v) is 6.04. The van der Waals surface area contributed by atoms with Gasteiger partial charge in [-0.2, -0.15) is 0 Å². The molecule has 0 saturated heterocycles. The number of hydrogen-bond donors (Lipinski definition) is 1. The quantitative estimate of drug-likeness (QED) is 0.749. The minimum Gasteiger partial charge on any atom is -0.345 e. The lowest BCUT2D eigenvalue weighted by Crippen LogP contribution is -2.38. The van der Waals surface area contributed by atoms with E-state index in [1.165, 1.54) is 25.7 Å². The molecular formula is C12H24N2O. The predicted molar refractivity (Wildman–Crippen MR) is 62.7 cm³/mol. The number of hydrogen-bond acceptors (Lipinski definition) is 2. The van der Waals surface area contributed by atoms with E-state index in [0.717, 1.165) is 19.0 Å². The van der Waals surface area contributed by atoms with Gasteiger partial charge >= 0.3 is 0 Å². The van der Waals surface area contributed by atoms with Gasteiger partial charge in [-0.1, -0.05) is 19.8 Å². The highest BCUT2D eigenvalue weighted by molar-refractivity contribution is 5.78. The first-order chi connectivity index (χ1) is 7.15. The molecule has 1 N–H and O–H groups in total. The van der Waals surface area contributed by atoms with E-state index in [-0.39, 0.29) is 11.8 Å². The fourth-order valence-corrected chi connectivity index (χ4v) is 2.44. The summed E-state index contributed by atoms with van der Waals surface area (Å²) >= 11 is 0. The molecule has 0 aromatic rings. The number of amides is 1. The van der Waals surface area contributed by atoms with Gasteiger partial charge in [-0.05, 0) is 25.8 Å². The van der Waals surface area contributed by atoms with Gasteiger partial charge in [0, 0.05) is 26.1 Å². The number of carbonyl (C=O) groups excluding carboxylic acids is 1. The van der Waals surface area contributed by atoms with Crippen molar-refractivity contribution >= 4 is 5.91 Å². The average Bonchev–Trinajstić information content (AvgIpc) is 2.69. The van der Waals surface area contributed by atoms with E-state index < -0.39 is 0 Å². The zero-order chi connectivity index (χ0) is 11.3. The van der Waals surface area contributed by atoms with E-state index in [0.29, 0.717) is 0 Å². The van der Waals surface area contributed by atoms with E-state index in [9.17, 15) is 4.79 Å². The molecule has 15 heavy (non-hydrogen) atoms. The molecular weight excluding hydrogens is 188 g/mol. The van der Waals surface area contributed by atoms with Crippen LogP contribution >= 0.6 is 0 Å². The van der Waals surface area contributed by atoms with Crippen LogP contribution in [0.25, 0.3) is 0 Å². The maximum Gasteiger partial charge on any atom is 0.226 e. The van der Waals surface area contributed by atoms with E-state index >= 15 is 0 Å². The second kappa shape index (κ2) is 6.11. The number of rotatable bonds is 5. The monoisotopic (exact) mass is 212 g/mol. The minimum atomic E-state index is 0.0985. The van der Waals surface area contributed by atoms with Crippen molar-refractivity contribution < 1.29 is 4.79 Å². The molecule has 1 saturated carbocycles. The van der Waals surface area contributed by atoms with Crippen molar-refractivity contribution in [1.29, 1.82) is 0 Å². The predicted octanol–water partition coefficient (Wildman–Crippen LogP) is 1.49. The van der Waals surface area contributed by atoms with Crippen LogP contribution in [0.5, 0.6) is 0 Å². The van der Waals surface area contributed by atoms with Crippen LogP contribution in [0.3, 0.4) is 0 Å². The zero-order valence-electron chi connectivity index (χ0n) is 10.3. The van der Waals surface area contributed by atoms with Gasteiger partial charge in [-0.25, -0.2) is 0 Å². The molecule has 0 aliphatic heterocycles. The van der Waals surface area contributed by atoms with Crippen LogP contribution in [0, 0.1) is 11.8 Å². The van der Waals surface area contributed by atoms with Crippen molar-refractivity contribution in [3.05, 3.63) is 0 Å². The van der Waals surface area contributed by atoms with Crippen LogP contribution in [-0.2, 0) is 4.79 Å². The summed E-state index contributed by atoms with van der Waals surface area (Å²) in [4.78, 5) is 13.8. The Morgan fingerprint density at radius 1 is 1.47 bits per heavy atom. The third kappa shape index (κ3) is 3.82. The number of carbonyl (C=O) groups is 1. The van der Waals surface area contributed by atoms with Crippen LogP contribution in [-0.4, -0.2) is 38.0 Å². The Kier molecular flexibility index (Phi) is 5.09. The summed E-state index contributed by atoms with van der Waals surface area (Å²) in [5.74, 6) is 1.12. The summed E-state index contributed by atoms with van der Waals surface area (Å²) in [5, 5.41) is 3.05. The Labute approximate surface area is 93.2 Å². The van der Waals surface area contributed by atoms with Crippen LogP contribution in [0.1, 0.15) is 32.6 Å². The van der Waals surface area contributed by atoms with Gasteiger partial charge in [0.1, 0.15) is 0 Å². The molecule has 1 rings (SSSR count). The van der Waals surface area contributed by atoms with Crippen LogP contribution < -0.4 is 5.32 Å². The molecule has 0 spiro atoms. The first kappa shape index (κ1) is 12.5. The molecule has 0 aromatic heterocycles. The van der Waals surface area contributed by atoms with Crippen LogP contribution in [0.2, 0.25) is 0 Å². The zero-order valence-corrected chi connectivity index (χ0v) is 10.3. The molecule has 1 aliphatic rings. The first-order valence-electron chi connectivity index (χ1n) is 6.04. The molecule has 1 fully saturated rings. The van der Waals surface area contributed by atoms with Crippen LogP contribution in [0.4, 0.5) is 0 Å². The Balaban J connectivity index is 2.31. The Morgan fingerprint density at radius 2 is 2.07 bits per heavy atom. The summed E-state index contributed by atoms with van der Waals surface area (Å²) in [6, 6.07) is 0. The number of nitrogens with zero attached hydrogens (tertiary/aromatic N) is 1. The second-order valence-corrected chi connectivity index (χ2v) is 4.83. The van der Waals surface area contributed by atoms with Gasteiger partial charge < -0.3 is 10.2 Å². The molecule has 0 aromatic carbocycles. The third-order valence-corrected chi connectivity index (χ3v) is 3.31. The molecule has 1 aliphatic carbocycles. The summed E-state index contributed by atoms with van der Waals surface area (Å²) in [7, 11) is 3.83. The van der Waals surface area contributed by atoms with Crippen molar-refractivity contribution in [1.82, 2.24) is 10.2 Å². The lowest BCUT2D eigenvalue weighted by molar-refractivity contribution is -0.134. The van der Waals surface area contributed by atoms with Gasteiger partial charge in [0.05, 0.1) is 0 Å². The Bertz CT molecular complexity index is 200. The summed E-state index contributed by atoms with van der Waals surface area (Å²) < 4.78 is 0. The molecule has 0 bridgehead atoms. The van der Waals surface area contributed by atoms with Gasteiger partial charge in [-0.3, -0.25) is 4.79 Å². The minimum absolute atomic E-state index is 0.0985. The Morgan fingerprint density at radius 3 is 2.60 bits per heavy atom. The lowest BCUT2D eigenvalue weighted by atomic mass is 10.1. The van der Waals surface area contributed by atoms with Crippen LogP contribution in [0.15, 0.2) is 0 Å². The molecule has 3 heteroatoms. The highest BCUT2D eigenvalue weighted by Gasteiger charge is 2.22. The molecule has 1 atom stereocenters. The van der Waals surface area contributed by atoms with Crippen molar-refractivity contribution in [3.8, 4) is 0 Å². The SMILES string of the molecule is CNCC(C)C(=O)N(C)CC1CCCC1. The molecule has 3 nitrogen and oxygen atoms in total. The van der Waals surface area contributed by atoms with E-state index in [1.54, 1.807) is 0 Å². The molecule has 0 heterocycles. The van der Waals surface area contributed by atoms with E-state index in [4.69, 9.17) is 0 Å². The maximum absolute atomic E-state index is 11.9. The largest absolute Gasteiger partial charge is 0.345 e. The maximum atomic E-state index is 11.9. The van der Waals surface area contributed by atoms with E-state index in [1.807, 2.05) is 25.9 Å². The normalized spacial score (nSPS) is 19.1. The molecule has 88 valence electrons. The summed E-state index contributed by atoms with van der Waals surface area (Å²) in [6.07, 6.45) is 5.30. The molecule has 0 radical (unpaired) electrons. The fourth-order valence-electron chi connectivity index (χ4n) is 2.44. The second-order valence-electron chi connectivity index (χ2n) is 4.83. The standard InChI is InChI=1S/C12H24N2O/c1-10(8-13-2)12(15)14(3)9-11-6-4-5-7-11/h10-11,13H,4-9H2,1-3H3. The topological polar surface area (TPSA) is 32.3 Å². The van der Waals surface area contributed by atoms with Crippen molar-refractivity contribution in [3.63, 3.8) is 0 Å². The highest BCUT2D eigenvalue weighted by Crippen LogP contribution is 2.25. The van der Waals surface area contributed by atoms with Crippen molar-refractivity contribution in [2.24, 2.45) is 11.8 Å².